The van der Waals surface area contributed by atoms with Crippen molar-refractivity contribution in [3.05, 3.63) is 148 Å². The molecule has 0 spiro atoms. The van der Waals surface area contributed by atoms with Crippen molar-refractivity contribution in [2.75, 3.05) is 9.80 Å². The molecule has 0 fully saturated rings. The maximum Gasteiger partial charge on any atom is 0.252 e. The van der Waals surface area contributed by atoms with Crippen LogP contribution >= 0.6 is 0 Å². The summed E-state index contributed by atoms with van der Waals surface area (Å²) in [4.78, 5) is 5.38. The Morgan fingerprint density at radius 2 is 0.906 bits per heavy atom. The minimum atomic E-state index is -0.00200. The third kappa shape index (κ3) is 6.48. The summed E-state index contributed by atoms with van der Waals surface area (Å²) in [5.41, 5.74) is 26.1. The highest BCUT2D eigenvalue weighted by Crippen LogP contribution is 2.55. The van der Waals surface area contributed by atoms with Gasteiger partial charge in [-0.15, -0.1) is 0 Å². The predicted molar refractivity (Wildman–Crippen MR) is 279 cm³/mol. The number of rotatable bonds is 3. The van der Waals surface area contributed by atoms with E-state index in [9.17, 15) is 0 Å². The van der Waals surface area contributed by atoms with Gasteiger partial charge in [-0.1, -0.05) is 158 Å². The molecular weight excluding hydrogens is 771 g/mol. The van der Waals surface area contributed by atoms with Crippen LogP contribution in [-0.2, 0) is 32.5 Å². The lowest BCUT2D eigenvalue weighted by atomic mass is 9.32. The molecule has 3 heteroatoms. The molecule has 0 unspecified atom stereocenters. The second-order valence-electron chi connectivity index (χ2n) is 25.0. The molecule has 6 aromatic rings. The molecule has 0 aromatic heterocycles. The Morgan fingerprint density at radius 1 is 0.453 bits per heavy atom. The Labute approximate surface area is 386 Å². The van der Waals surface area contributed by atoms with Gasteiger partial charge in [0.15, 0.2) is 0 Å². The lowest BCUT2D eigenvalue weighted by Gasteiger charge is -2.48. The molecule has 0 saturated carbocycles. The Balaban J connectivity index is 1.36. The largest absolute Gasteiger partial charge is 0.311 e. The maximum atomic E-state index is 2.70. The maximum absolute atomic E-state index is 2.70. The highest BCUT2D eigenvalue weighted by atomic mass is 15.2. The Hall–Kier alpha value is -5.02. The van der Waals surface area contributed by atoms with E-state index in [2.05, 4.69) is 224 Å². The lowest BCUT2D eigenvalue weighted by molar-refractivity contribution is 0.332. The molecule has 0 atom stereocenters. The van der Waals surface area contributed by atoms with Crippen LogP contribution in [0.2, 0.25) is 0 Å². The zero-order valence-electron chi connectivity index (χ0n) is 41.9. The van der Waals surface area contributed by atoms with Crippen LogP contribution in [0.25, 0.3) is 11.1 Å². The summed E-state index contributed by atoms with van der Waals surface area (Å²) < 4.78 is 0. The van der Waals surface area contributed by atoms with Crippen LogP contribution in [0.4, 0.5) is 34.1 Å². The average molecular weight is 843 g/mol. The summed E-state index contributed by atoms with van der Waals surface area (Å²) in [6.45, 7) is 38.6. The third-order valence-corrected chi connectivity index (χ3v) is 16.2. The summed E-state index contributed by atoms with van der Waals surface area (Å²) in [7, 11) is 0. The fourth-order valence-electron chi connectivity index (χ4n) is 12.6. The van der Waals surface area contributed by atoms with E-state index in [1.165, 1.54) is 119 Å². The quantitative estimate of drug-likeness (QED) is 0.164. The molecule has 0 bridgehead atoms. The molecule has 0 amide bonds. The molecule has 0 saturated heterocycles. The van der Waals surface area contributed by atoms with Gasteiger partial charge in [0.1, 0.15) is 0 Å². The average Bonchev–Trinajstić information content (AvgIpc) is 3.39. The van der Waals surface area contributed by atoms with Crippen molar-refractivity contribution in [3.63, 3.8) is 0 Å². The van der Waals surface area contributed by atoms with E-state index in [0.717, 1.165) is 6.42 Å². The smallest absolute Gasteiger partial charge is 0.252 e. The number of hydrogen-bond acceptors (Lipinski definition) is 2. The van der Waals surface area contributed by atoms with Gasteiger partial charge in [0, 0.05) is 34.0 Å². The topological polar surface area (TPSA) is 6.48 Å². The third-order valence-electron chi connectivity index (χ3n) is 16.2. The summed E-state index contributed by atoms with van der Waals surface area (Å²) >= 11 is 0. The Bertz CT molecular complexity index is 2910. The molecule has 4 aliphatic rings. The highest BCUT2D eigenvalue weighted by molar-refractivity contribution is 7.00. The SMILES string of the molecule is Cc1cc2c3c(c1)N(c1ccc(C(C)(C)C)cc1-c1ccccc1)c1cc4c(cc1B3c1cc3c(cc1N2c1ccc(C(C)(C)C)cc1C)C(C)(C)CCC3(C)C)C(C)(C)CC4(C)C. The fourth-order valence-corrected chi connectivity index (χ4v) is 12.6. The van der Waals surface area contributed by atoms with Crippen molar-refractivity contribution in [2.45, 2.75) is 163 Å². The summed E-state index contributed by atoms with van der Waals surface area (Å²) in [6, 6.07) is 41.4. The van der Waals surface area contributed by atoms with Gasteiger partial charge >= 0.3 is 0 Å². The first kappa shape index (κ1) is 42.9. The standard InChI is InChI=1S/C61H71BN2/c1-37-28-53-55-54(29-37)64(50-25-23-41(57(6,7)8)31-42(50)39-20-18-17-19-21-39)52-35-46-44(60(13,14)36-61(46,15)16)33-48(52)62(55)47-32-43-45(59(11,12)27-26-58(43,9)10)34-51(47)63(53)49-24-22-40(30-38(49)2)56(3,4)5/h17-25,28-35H,26-27,36H2,1-16H3. The van der Waals surface area contributed by atoms with Gasteiger partial charge in [-0.25, -0.2) is 0 Å². The van der Waals surface area contributed by atoms with Crippen LogP contribution in [0.15, 0.2) is 103 Å². The van der Waals surface area contributed by atoms with Crippen LogP contribution in [0, 0.1) is 13.8 Å². The zero-order valence-corrected chi connectivity index (χ0v) is 41.9. The molecule has 10 rings (SSSR count). The molecule has 2 nitrogen and oxygen atoms in total. The van der Waals surface area contributed by atoms with Crippen molar-refractivity contribution >= 4 is 57.2 Å². The van der Waals surface area contributed by atoms with E-state index in [0.29, 0.717) is 0 Å². The number of aryl methyl sites for hydroxylation is 2. The van der Waals surface area contributed by atoms with Crippen LogP contribution in [0.1, 0.15) is 161 Å². The van der Waals surface area contributed by atoms with E-state index < -0.39 is 0 Å². The van der Waals surface area contributed by atoms with E-state index >= 15 is 0 Å². The lowest BCUT2D eigenvalue weighted by Crippen LogP contribution is -2.62. The predicted octanol–water partition coefficient (Wildman–Crippen LogP) is 15.0. The monoisotopic (exact) mass is 843 g/mol. The number of nitrogens with zero attached hydrogens (tertiary/aromatic N) is 2. The minimum absolute atomic E-state index is 0.00200. The number of hydrogen-bond donors (Lipinski definition) is 0. The van der Waals surface area contributed by atoms with Gasteiger partial charge in [0.25, 0.3) is 6.71 Å². The van der Waals surface area contributed by atoms with Gasteiger partial charge in [0.2, 0.25) is 0 Å². The van der Waals surface area contributed by atoms with Gasteiger partial charge in [-0.3, -0.25) is 0 Å². The number of anilines is 6. The summed E-state index contributed by atoms with van der Waals surface area (Å²) in [5, 5.41) is 0. The Kier molecular flexibility index (Phi) is 9.22. The van der Waals surface area contributed by atoms with Gasteiger partial charge in [0.05, 0.1) is 5.69 Å². The van der Waals surface area contributed by atoms with Gasteiger partial charge in [-0.05, 0) is 175 Å². The molecule has 2 aliphatic heterocycles. The van der Waals surface area contributed by atoms with Crippen LogP contribution < -0.4 is 26.2 Å². The van der Waals surface area contributed by atoms with Crippen LogP contribution in [-0.4, -0.2) is 6.71 Å². The van der Waals surface area contributed by atoms with Crippen LogP contribution in [0.5, 0.6) is 0 Å². The van der Waals surface area contributed by atoms with Crippen molar-refractivity contribution in [1.29, 1.82) is 0 Å². The van der Waals surface area contributed by atoms with Crippen molar-refractivity contribution in [1.82, 2.24) is 0 Å². The second kappa shape index (κ2) is 13.8. The van der Waals surface area contributed by atoms with Crippen molar-refractivity contribution in [2.24, 2.45) is 0 Å². The number of benzene rings is 6. The van der Waals surface area contributed by atoms with Crippen molar-refractivity contribution < 1.29 is 0 Å². The first-order valence-electron chi connectivity index (χ1n) is 24.2. The van der Waals surface area contributed by atoms with Crippen LogP contribution in [0.3, 0.4) is 0 Å². The van der Waals surface area contributed by atoms with E-state index in [4.69, 9.17) is 0 Å². The van der Waals surface area contributed by atoms with Gasteiger partial charge in [-0.2, -0.15) is 0 Å². The molecule has 0 radical (unpaired) electrons. The molecule has 6 aromatic carbocycles. The van der Waals surface area contributed by atoms with Gasteiger partial charge < -0.3 is 9.80 Å². The van der Waals surface area contributed by atoms with E-state index in [-0.39, 0.29) is 39.2 Å². The second-order valence-corrected chi connectivity index (χ2v) is 25.0. The van der Waals surface area contributed by atoms with Crippen molar-refractivity contribution in [3.8, 4) is 11.1 Å². The molecular formula is C61H71BN2. The zero-order chi connectivity index (χ0) is 45.8. The first-order valence-corrected chi connectivity index (χ1v) is 24.2. The summed E-state index contributed by atoms with van der Waals surface area (Å²) in [6.07, 6.45) is 3.49. The Morgan fingerprint density at radius 3 is 1.42 bits per heavy atom. The highest BCUT2D eigenvalue weighted by Gasteiger charge is 2.50. The first-order chi connectivity index (χ1) is 29.8. The molecule has 2 heterocycles. The number of fused-ring (bicyclic) bond motifs is 6. The molecule has 0 N–H and O–H groups in total. The fraction of sp³-hybridized carbons (Fsp3) is 0.410. The molecule has 64 heavy (non-hydrogen) atoms. The summed E-state index contributed by atoms with van der Waals surface area (Å²) in [5.74, 6) is 0. The molecule has 2 aliphatic carbocycles. The molecule has 328 valence electrons. The van der Waals surface area contributed by atoms with E-state index in [1.807, 2.05) is 0 Å². The normalized spacial score (nSPS) is 18.5. The van der Waals surface area contributed by atoms with E-state index in [1.54, 1.807) is 0 Å². The minimum Gasteiger partial charge on any atom is -0.311 e.